The molecule has 1 amide bonds. The Morgan fingerprint density at radius 1 is 1.27 bits per heavy atom. The molecule has 0 aromatic heterocycles. The predicted octanol–water partition coefficient (Wildman–Crippen LogP) is 3.18. The van der Waals surface area contributed by atoms with Crippen LogP contribution in [0.4, 0.5) is 0 Å². The molecule has 4 nitrogen and oxygen atoms in total. The first-order valence-corrected chi connectivity index (χ1v) is 8.13. The molecule has 22 heavy (non-hydrogen) atoms. The fourth-order valence-corrected chi connectivity index (χ4v) is 3.17. The number of carbonyl (C=O) groups is 1. The summed E-state index contributed by atoms with van der Waals surface area (Å²) < 4.78 is 5.79. The largest absolute Gasteiger partial charge is 0.508 e. The molecule has 0 spiro atoms. The van der Waals surface area contributed by atoms with Crippen LogP contribution in [0.2, 0.25) is 0 Å². The third-order valence-electron chi connectivity index (χ3n) is 4.41. The van der Waals surface area contributed by atoms with Crippen molar-refractivity contribution in [3.05, 3.63) is 41.5 Å². The lowest BCUT2D eigenvalue weighted by Crippen LogP contribution is -2.42. The number of morpholine rings is 1. The van der Waals surface area contributed by atoms with E-state index in [4.69, 9.17) is 4.74 Å². The number of benzene rings is 1. The van der Waals surface area contributed by atoms with Crippen LogP contribution in [0.1, 0.15) is 43.8 Å². The van der Waals surface area contributed by atoms with Gasteiger partial charge in [0.05, 0.1) is 13.2 Å². The molecule has 1 atom stereocenters. The topological polar surface area (TPSA) is 49.8 Å². The maximum absolute atomic E-state index is 12.7. The molecular formula is C18H23NO3. The molecule has 4 heteroatoms. The van der Waals surface area contributed by atoms with Crippen LogP contribution in [0.15, 0.2) is 35.9 Å². The molecule has 118 valence electrons. The Morgan fingerprint density at radius 2 is 2.18 bits per heavy atom. The highest BCUT2D eigenvalue weighted by Gasteiger charge is 2.27. The molecule has 1 heterocycles. The zero-order valence-corrected chi connectivity index (χ0v) is 12.8. The lowest BCUT2D eigenvalue weighted by atomic mass is 10.1. The van der Waals surface area contributed by atoms with Crippen LogP contribution in [-0.4, -0.2) is 35.6 Å². The highest BCUT2D eigenvalue weighted by atomic mass is 16.5. The summed E-state index contributed by atoms with van der Waals surface area (Å²) in [7, 11) is 0. The van der Waals surface area contributed by atoms with Crippen LogP contribution in [0.5, 0.6) is 5.75 Å². The second kappa shape index (κ2) is 6.97. The second-order valence-corrected chi connectivity index (χ2v) is 6.03. The van der Waals surface area contributed by atoms with Crippen LogP contribution in [0.3, 0.4) is 0 Å². The van der Waals surface area contributed by atoms with Gasteiger partial charge in [0.15, 0.2) is 0 Å². The molecule has 0 saturated carbocycles. The molecule has 1 aromatic rings. The average molecular weight is 301 g/mol. The Hall–Kier alpha value is -1.81. The number of hydrogen-bond acceptors (Lipinski definition) is 3. The Balaban J connectivity index is 1.70. The first-order valence-electron chi connectivity index (χ1n) is 8.13. The highest BCUT2D eigenvalue weighted by molar-refractivity contribution is 5.93. The van der Waals surface area contributed by atoms with E-state index >= 15 is 0 Å². The van der Waals surface area contributed by atoms with Crippen molar-refractivity contribution < 1.29 is 14.6 Å². The number of carbonyl (C=O) groups excluding carboxylic acids is 1. The number of rotatable bonds is 2. The normalized spacial score (nSPS) is 22.8. The van der Waals surface area contributed by atoms with Crippen molar-refractivity contribution in [3.63, 3.8) is 0 Å². The average Bonchev–Trinajstić information content (AvgIpc) is 2.83. The minimum absolute atomic E-state index is 0.156. The number of amides is 1. The molecule has 1 aliphatic heterocycles. The molecule has 0 radical (unpaired) electrons. The van der Waals surface area contributed by atoms with Crippen LogP contribution >= 0.6 is 0 Å². The van der Waals surface area contributed by atoms with E-state index in [1.54, 1.807) is 12.1 Å². The van der Waals surface area contributed by atoms with Gasteiger partial charge in [-0.05, 0) is 43.4 Å². The summed E-state index contributed by atoms with van der Waals surface area (Å²) in [5.74, 6) is 0.395. The summed E-state index contributed by atoms with van der Waals surface area (Å²) in [6.45, 7) is 1.74. The fraction of sp³-hybridized carbons (Fsp3) is 0.500. The minimum Gasteiger partial charge on any atom is -0.508 e. The molecule has 3 rings (SSSR count). The molecule has 0 unspecified atom stereocenters. The van der Waals surface area contributed by atoms with Gasteiger partial charge in [0.1, 0.15) is 11.9 Å². The maximum Gasteiger partial charge on any atom is 0.249 e. The number of phenolic OH excluding ortho intramolecular Hbond substituents is 1. The van der Waals surface area contributed by atoms with Gasteiger partial charge in [0.2, 0.25) is 5.91 Å². The van der Waals surface area contributed by atoms with Crippen molar-refractivity contribution in [3.8, 4) is 5.75 Å². The number of aromatic hydroxyl groups is 1. The number of nitrogens with zero attached hydrogens (tertiary/aromatic N) is 1. The van der Waals surface area contributed by atoms with Crippen LogP contribution < -0.4 is 0 Å². The molecule has 1 N–H and O–H groups in total. The van der Waals surface area contributed by atoms with E-state index in [0.717, 1.165) is 30.4 Å². The lowest BCUT2D eigenvalue weighted by Gasteiger charge is -2.33. The summed E-state index contributed by atoms with van der Waals surface area (Å²) in [6.07, 6.45) is 7.38. The van der Waals surface area contributed by atoms with Gasteiger partial charge in [0.25, 0.3) is 0 Å². The standard InChI is InChI=1S/C18H23NO3/c20-16-9-5-8-15(12-16)17-13-19(10-11-22-17)18(21)14-6-3-1-2-4-7-14/h5-6,8-9,12,17,20H,1-4,7,10-11,13H2/t17-/m1/s1. The smallest absolute Gasteiger partial charge is 0.249 e. The lowest BCUT2D eigenvalue weighted by molar-refractivity contribution is -0.135. The minimum atomic E-state index is -0.156. The van der Waals surface area contributed by atoms with Gasteiger partial charge in [-0.3, -0.25) is 4.79 Å². The van der Waals surface area contributed by atoms with E-state index in [1.165, 1.54) is 12.8 Å². The SMILES string of the molecule is O=C(C1=CCCCCC1)N1CCO[C@@H](c2cccc(O)c2)C1. The monoisotopic (exact) mass is 301 g/mol. The van der Waals surface area contributed by atoms with Gasteiger partial charge in [-0.15, -0.1) is 0 Å². The summed E-state index contributed by atoms with van der Waals surface area (Å²) in [6, 6.07) is 7.10. The molecule has 2 aliphatic rings. The van der Waals surface area contributed by atoms with E-state index in [9.17, 15) is 9.90 Å². The summed E-state index contributed by atoms with van der Waals surface area (Å²) in [5, 5.41) is 9.61. The van der Waals surface area contributed by atoms with Gasteiger partial charge in [-0.25, -0.2) is 0 Å². The summed E-state index contributed by atoms with van der Waals surface area (Å²) in [4.78, 5) is 14.6. The van der Waals surface area contributed by atoms with E-state index < -0.39 is 0 Å². The van der Waals surface area contributed by atoms with Crippen molar-refractivity contribution in [2.24, 2.45) is 0 Å². The Kier molecular flexibility index (Phi) is 4.78. The molecule has 1 fully saturated rings. The fourth-order valence-electron chi connectivity index (χ4n) is 3.17. The number of allylic oxidation sites excluding steroid dienone is 1. The van der Waals surface area contributed by atoms with E-state index in [1.807, 2.05) is 17.0 Å². The van der Waals surface area contributed by atoms with E-state index in [0.29, 0.717) is 19.7 Å². The molecule has 0 bridgehead atoms. The number of phenols is 1. The Morgan fingerprint density at radius 3 is 3.05 bits per heavy atom. The molecule has 1 aliphatic carbocycles. The predicted molar refractivity (Wildman–Crippen MR) is 84.5 cm³/mol. The third kappa shape index (κ3) is 3.50. The van der Waals surface area contributed by atoms with Gasteiger partial charge in [0, 0.05) is 12.1 Å². The van der Waals surface area contributed by atoms with Crippen molar-refractivity contribution in [1.82, 2.24) is 4.90 Å². The second-order valence-electron chi connectivity index (χ2n) is 6.03. The van der Waals surface area contributed by atoms with E-state index in [2.05, 4.69) is 6.08 Å². The molecule has 1 saturated heterocycles. The first kappa shape index (κ1) is 15.1. The van der Waals surface area contributed by atoms with Gasteiger partial charge in [-0.1, -0.05) is 24.6 Å². The zero-order chi connectivity index (χ0) is 15.4. The first-order chi connectivity index (χ1) is 10.7. The van der Waals surface area contributed by atoms with Gasteiger partial charge >= 0.3 is 0 Å². The van der Waals surface area contributed by atoms with Crippen LogP contribution in [0, 0.1) is 0 Å². The Bertz CT molecular complexity index is 567. The van der Waals surface area contributed by atoms with Crippen LogP contribution in [-0.2, 0) is 9.53 Å². The summed E-state index contributed by atoms with van der Waals surface area (Å²) in [5.41, 5.74) is 1.89. The zero-order valence-electron chi connectivity index (χ0n) is 12.8. The van der Waals surface area contributed by atoms with E-state index in [-0.39, 0.29) is 17.8 Å². The Labute approximate surface area is 131 Å². The molecule has 1 aromatic carbocycles. The summed E-state index contributed by atoms with van der Waals surface area (Å²) >= 11 is 0. The number of hydrogen-bond donors (Lipinski definition) is 1. The number of ether oxygens (including phenoxy) is 1. The van der Waals surface area contributed by atoms with Gasteiger partial charge < -0.3 is 14.7 Å². The quantitative estimate of drug-likeness (QED) is 0.912. The van der Waals surface area contributed by atoms with Gasteiger partial charge in [-0.2, -0.15) is 0 Å². The van der Waals surface area contributed by atoms with Crippen molar-refractivity contribution in [2.75, 3.05) is 19.7 Å². The van der Waals surface area contributed by atoms with Crippen LogP contribution in [0.25, 0.3) is 0 Å². The van der Waals surface area contributed by atoms with Crippen molar-refractivity contribution >= 4 is 5.91 Å². The highest BCUT2D eigenvalue weighted by Crippen LogP contribution is 2.27. The molecular weight excluding hydrogens is 278 g/mol. The van der Waals surface area contributed by atoms with Crippen molar-refractivity contribution in [2.45, 2.75) is 38.2 Å². The third-order valence-corrected chi connectivity index (χ3v) is 4.41. The van der Waals surface area contributed by atoms with Crippen molar-refractivity contribution in [1.29, 1.82) is 0 Å². The maximum atomic E-state index is 12.7.